The zero-order chi connectivity index (χ0) is 14.4. The van der Waals surface area contributed by atoms with Crippen LogP contribution in [0.25, 0.3) is 0 Å². The number of hydrogen-bond acceptors (Lipinski definition) is 3. The fraction of sp³-hybridized carbons (Fsp3) is 0.412. The highest BCUT2D eigenvalue weighted by Gasteiger charge is 2.01. The third kappa shape index (κ3) is 4.57. The molecule has 1 aromatic heterocycles. The third-order valence-corrected chi connectivity index (χ3v) is 4.18. The number of thiophene rings is 1. The number of rotatable bonds is 7. The lowest BCUT2D eigenvalue weighted by molar-refractivity contribution is 0.271. The van der Waals surface area contributed by atoms with Gasteiger partial charge in [-0.25, -0.2) is 0 Å². The van der Waals surface area contributed by atoms with Crippen LogP contribution in [0.4, 0.5) is 5.69 Å². The molecule has 1 heterocycles. The quantitative estimate of drug-likeness (QED) is 0.778. The lowest BCUT2D eigenvalue weighted by Crippen LogP contribution is -2.05. The molecule has 0 bridgehead atoms. The highest BCUT2D eigenvalue weighted by Crippen LogP contribution is 2.21. The molecule has 2 aromatic rings. The predicted octanol–water partition coefficient (Wildman–Crippen LogP) is 4.96. The topological polar surface area (TPSA) is 21.3 Å². The Kier molecular flexibility index (Phi) is 5.48. The van der Waals surface area contributed by atoms with Crippen LogP contribution in [0.15, 0.2) is 36.4 Å². The van der Waals surface area contributed by atoms with Gasteiger partial charge in [0.05, 0.1) is 6.61 Å². The summed E-state index contributed by atoms with van der Waals surface area (Å²) < 4.78 is 5.74. The lowest BCUT2D eigenvalue weighted by atomic mass is 10.2. The van der Waals surface area contributed by atoms with Crippen molar-refractivity contribution >= 4 is 17.0 Å². The van der Waals surface area contributed by atoms with Gasteiger partial charge in [-0.1, -0.05) is 26.8 Å². The average molecular weight is 289 g/mol. The van der Waals surface area contributed by atoms with Gasteiger partial charge in [0, 0.05) is 28.1 Å². The highest BCUT2D eigenvalue weighted by atomic mass is 32.1. The number of ether oxygens (including phenoxy) is 1. The van der Waals surface area contributed by atoms with Crippen molar-refractivity contribution < 1.29 is 4.74 Å². The van der Waals surface area contributed by atoms with Gasteiger partial charge in [-0.05, 0) is 36.6 Å². The normalized spacial score (nSPS) is 10.8. The van der Waals surface area contributed by atoms with Crippen LogP contribution in [-0.4, -0.2) is 6.61 Å². The Morgan fingerprint density at radius 3 is 2.65 bits per heavy atom. The summed E-state index contributed by atoms with van der Waals surface area (Å²) in [6, 6.07) is 12.6. The SMILES string of the molecule is CCc1ccc(CNc2cccc(OCC(C)C)c2)s1. The Hall–Kier alpha value is -1.48. The van der Waals surface area contributed by atoms with Crippen molar-refractivity contribution in [3.05, 3.63) is 46.2 Å². The van der Waals surface area contributed by atoms with Crippen molar-refractivity contribution in [2.45, 2.75) is 33.7 Å². The maximum atomic E-state index is 5.74. The van der Waals surface area contributed by atoms with Crippen molar-refractivity contribution in [3.8, 4) is 5.75 Å². The van der Waals surface area contributed by atoms with E-state index in [9.17, 15) is 0 Å². The van der Waals surface area contributed by atoms with E-state index in [1.807, 2.05) is 23.5 Å². The van der Waals surface area contributed by atoms with Crippen LogP contribution >= 0.6 is 11.3 Å². The number of benzene rings is 1. The highest BCUT2D eigenvalue weighted by molar-refractivity contribution is 7.12. The first-order chi connectivity index (χ1) is 9.67. The van der Waals surface area contributed by atoms with E-state index < -0.39 is 0 Å². The summed E-state index contributed by atoms with van der Waals surface area (Å²) in [6.45, 7) is 8.14. The van der Waals surface area contributed by atoms with Crippen LogP contribution < -0.4 is 10.1 Å². The van der Waals surface area contributed by atoms with E-state index in [0.717, 1.165) is 31.0 Å². The second-order valence-electron chi connectivity index (χ2n) is 5.31. The number of anilines is 1. The molecule has 0 amide bonds. The summed E-state index contributed by atoms with van der Waals surface area (Å²) in [7, 11) is 0. The summed E-state index contributed by atoms with van der Waals surface area (Å²) >= 11 is 1.88. The standard InChI is InChI=1S/C17H23NOS/c1-4-16-8-9-17(20-16)11-18-14-6-5-7-15(10-14)19-12-13(2)3/h5-10,13,18H,4,11-12H2,1-3H3. The second-order valence-corrected chi connectivity index (χ2v) is 6.56. The summed E-state index contributed by atoms with van der Waals surface area (Å²) in [5.41, 5.74) is 1.11. The largest absolute Gasteiger partial charge is 0.493 e. The van der Waals surface area contributed by atoms with Gasteiger partial charge in [-0.15, -0.1) is 11.3 Å². The van der Waals surface area contributed by atoms with Crippen LogP contribution in [0, 0.1) is 5.92 Å². The minimum atomic E-state index is 0.546. The van der Waals surface area contributed by atoms with Crippen LogP contribution in [0.3, 0.4) is 0 Å². The van der Waals surface area contributed by atoms with Crippen molar-refractivity contribution in [2.75, 3.05) is 11.9 Å². The molecule has 0 aliphatic rings. The molecule has 0 radical (unpaired) electrons. The fourth-order valence-electron chi connectivity index (χ4n) is 1.86. The van der Waals surface area contributed by atoms with E-state index in [4.69, 9.17) is 4.74 Å². The molecule has 0 spiro atoms. The third-order valence-electron chi connectivity index (χ3n) is 2.95. The molecule has 20 heavy (non-hydrogen) atoms. The number of hydrogen-bond donors (Lipinski definition) is 1. The van der Waals surface area contributed by atoms with Gasteiger partial charge in [0.15, 0.2) is 0 Å². The Labute approximate surface area is 125 Å². The van der Waals surface area contributed by atoms with Crippen LogP contribution in [0.1, 0.15) is 30.5 Å². The first-order valence-corrected chi connectivity index (χ1v) is 8.03. The van der Waals surface area contributed by atoms with Gasteiger partial charge in [-0.2, -0.15) is 0 Å². The van der Waals surface area contributed by atoms with Gasteiger partial charge in [0.25, 0.3) is 0 Å². The van der Waals surface area contributed by atoms with Crippen molar-refractivity contribution in [1.29, 1.82) is 0 Å². The van der Waals surface area contributed by atoms with Crippen LogP contribution in [-0.2, 0) is 13.0 Å². The molecule has 0 aliphatic carbocycles. The summed E-state index contributed by atoms with van der Waals surface area (Å²) in [6.07, 6.45) is 1.11. The molecule has 3 heteroatoms. The van der Waals surface area contributed by atoms with E-state index in [1.54, 1.807) is 0 Å². The number of aryl methyl sites for hydroxylation is 1. The van der Waals surface area contributed by atoms with E-state index in [2.05, 4.69) is 50.4 Å². The van der Waals surface area contributed by atoms with Crippen LogP contribution in [0.5, 0.6) is 5.75 Å². The molecule has 0 fully saturated rings. The first-order valence-electron chi connectivity index (χ1n) is 7.21. The minimum Gasteiger partial charge on any atom is -0.493 e. The smallest absolute Gasteiger partial charge is 0.121 e. The minimum absolute atomic E-state index is 0.546. The second kappa shape index (κ2) is 7.34. The molecule has 2 nitrogen and oxygen atoms in total. The Morgan fingerprint density at radius 2 is 1.95 bits per heavy atom. The molecule has 0 atom stereocenters. The molecular formula is C17H23NOS. The zero-order valence-electron chi connectivity index (χ0n) is 12.5. The van der Waals surface area contributed by atoms with Gasteiger partial charge in [-0.3, -0.25) is 0 Å². The van der Waals surface area contributed by atoms with Gasteiger partial charge >= 0.3 is 0 Å². The Bertz CT molecular complexity index is 533. The monoisotopic (exact) mass is 289 g/mol. The molecule has 0 saturated heterocycles. The van der Waals surface area contributed by atoms with Crippen molar-refractivity contribution in [3.63, 3.8) is 0 Å². The zero-order valence-corrected chi connectivity index (χ0v) is 13.3. The van der Waals surface area contributed by atoms with Gasteiger partial charge in [0.1, 0.15) is 5.75 Å². The van der Waals surface area contributed by atoms with E-state index in [1.165, 1.54) is 9.75 Å². The molecule has 108 valence electrons. The van der Waals surface area contributed by atoms with Crippen molar-refractivity contribution in [2.24, 2.45) is 5.92 Å². The molecule has 0 unspecified atom stereocenters. The summed E-state index contributed by atoms with van der Waals surface area (Å²) in [5.74, 6) is 1.48. The predicted molar refractivity (Wildman–Crippen MR) is 87.8 cm³/mol. The molecule has 1 aromatic carbocycles. The molecule has 0 saturated carbocycles. The molecule has 2 rings (SSSR count). The summed E-state index contributed by atoms with van der Waals surface area (Å²) in [4.78, 5) is 2.81. The van der Waals surface area contributed by atoms with Crippen molar-refractivity contribution in [1.82, 2.24) is 0 Å². The van der Waals surface area contributed by atoms with E-state index >= 15 is 0 Å². The summed E-state index contributed by atoms with van der Waals surface area (Å²) in [5, 5.41) is 3.46. The maximum Gasteiger partial charge on any atom is 0.121 e. The maximum absolute atomic E-state index is 5.74. The van der Waals surface area contributed by atoms with E-state index in [-0.39, 0.29) is 0 Å². The lowest BCUT2D eigenvalue weighted by Gasteiger charge is -2.10. The Balaban J connectivity index is 1.90. The van der Waals surface area contributed by atoms with Gasteiger partial charge < -0.3 is 10.1 Å². The van der Waals surface area contributed by atoms with Gasteiger partial charge in [0.2, 0.25) is 0 Å². The molecule has 1 N–H and O–H groups in total. The molecular weight excluding hydrogens is 266 g/mol. The fourth-order valence-corrected chi connectivity index (χ4v) is 2.75. The van der Waals surface area contributed by atoms with E-state index in [0.29, 0.717) is 5.92 Å². The molecule has 0 aliphatic heterocycles. The first kappa shape index (κ1) is 14.9. The van der Waals surface area contributed by atoms with Crippen LogP contribution in [0.2, 0.25) is 0 Å². The Morgan fingerprint density at radius 1 is 1.15 bits per heavy atom. The number of nitrogens with one attached hydrogen (secondary N) is 1. The average Bonchev–Trinajstić information content (AvgIpc) is 2.91.